The Morgan fingerprint density at radius 3 is 2.17 bits per heavy atom. The molecule has 8 heteroatoms. The Morgan fingerprint density at radius 2 is 1.67 bits per heavy atom. The molecule has 0 unspecified atom stereocenters. The maximum atomic E-state index is 12.6. The lowest BCUT2D eigenvalue weighted by atomic mass is 9.95. The van der Waals surface area contributed by atoms with Gasteiger partial charge < -0.3 is 10.0 Å². The van der Waals surface area contributed by atoms with Gasteiger partial charge in [0.15, 0.2) is 0 Å². The van der Waals surface area contributed by atoms with E-state index in [4.69, 9.17) is 0 Å². The van der Waals surface area contributed by atoms with Crippen LogP contribution in [0.15, 0.2) is 24.3 Å². The summed E-state index contributed by atoms with van der Waals surface area (Å²) in [5, 5.41) is 8.91. The van der Waals surface area contributed by atoms with Crippen molar-refractivity contribution in [1.29, 1.82) is 0 Å². The summed E-state index contributed by atoms with van der Waals surface area (Å²) in [6.45, 7) is 3.50. The number of carboxylic acids is 1. The molecule has 0 radical (unpaired) electrons. The van der Waals surface area contributed by atoms with Crippen molar-refractivity contribution >= 4 is 35.5 Å². The summed E-state index contributed by atoms with van der Waals surface area (Å²) in [5.74, 6) is -2.55. The smallest absolute Gasteiger partial charge is 0.327 e. The summed E-state index contributed by atoms with van der Waals surface area (Å²) in [4.78, 5) is 51.5. The summed E-state index contributed by atoms with van der Waals surface area (Å²) in [7, 11) is 0. The number of thioether (sulfide) groups is 1. The highest BCUT2D eigenvalue weighted by molar-refractivity contribution is 8.01. The van der Waals surface area contributed by atoms with Crippen molar-refractivity contribution in [2.75, 3.05) is 0 Å². The summed E-state index contributed by atoms with van der Waals surface area (Å²) >= 11 is 1.31. The van der Waals surface area contributed by atoms with Gasteiger partial charge in [0.2, 0.25) is 0 Å². The highest BCUT2D eigenvalue weighted by Crippen LogP contribution is 2.52. The number of nitrogens with zero attached hydrogens (tertiary/aromatic N) is 2. The Balaban J connectivity index is 1.69. The molecule has 3 aliphatic rings. The number of imide groups is 1. The van der Waals surface area contributed by atoms with Crippen LogP contribution in [0.2, 0.25) is 0 Å². The fraction of sp³-hybridized carbons (Fsp3) is 0.375. The highest BCUT2D eigenvalue weighted by atomic mass is 32.2. The third kappa shape index (κ3) is 1.69. The molecule has 3 aliphatic heterocycles. The second-order valence-electron chi connectivity index (χ2n) is 6.57. The zero-order chi connectivity index (χ0) is 17.4. The van der Waals surface area contributed by atoms with Crippen molar-refractivity contribution in [3.63, 3.8) is 0 Å². The third-order valence-electron chi connectivity index (χ3n) is 4.75. The predicted molar refractivity (Wildman–Crippen MR) is 84.5 cm³/mol. The Morgan fingerprint density at radius 1 is 1.12 bits per heavy atom. The van der Waals surface area contributed by atoms with Crippen LogP contribution in [-0.4, -0.2) is 60.8 Å². The minimum Gasteiger partial charge on any atom is -0.480 e. The Bertz CT molecular complexity index is 785. The molecule has 0 spiro atoms. The van der Waals surface area contributed by atoms with E-state index in [1.807, 2.05) is 0 Å². The molecule has 2 saturated heterocycles. The molecule has 124 valence electrons. The van der Waals surface area contributed by atoms with E-state index >= 15 is 0 Å². The van der Waals surface area contributed by atoms with Crippen LogP contribution in [-0.2, 0) is 9.59 Å². The van der Waals surface area contributed by atoms with E-state index < -0.39 is 45.9 Å². The molecule has 7 nitrogen and oxygen atoms in total. The summed E-state index contributed by atoms with van der Waals surface area (Å²) in [6.07, 6.45) is 0. The Kier molecular flexibility index (Phi) is 2.91. The lowest BCUT2D eigenvalue weighted by molar-refractivity contribution is -0.162. The monoisotopic (exact) mass is 346 g/mol. The first-order valence-corrected chi connectivity index (χ1v) is 8.33. The SMILES string of the molecule is CC1(C)S[C@@H]2[C@H](N3C(=O)c4ccccc4C3=O)C(=O)N2[C@H]1C(=O)O. The number of carboxylic acid groups (broad SMARTS) is 1. The van der Waals surface area contributed by atoms with Crippen LogP contribution in [0.3, 0.4) is 0 Å². The van der Waals surface area contributed by atoms with Gasteiger partial charge in [0.05, 0.1) is 11.1 Å². The standard InChI is InChI=1S/C16H14N2O5S/c1-16(2)10(15(22)23)18-13(21)9(14(18)24-16)17-11(19)7-5-3-4-6-8(7)12(17)20/h3-6,9-10,14H,1-2H3,(H,22,23)/t9-,10+,14-/m1/s1. The molecule has 3 heterocycles. The van der Waals surface area contributed by atoms with Gasteiger partial charge in [0.1, 0.15) is 17.5 Å². The average molecular weight is 346 g/mol. The minimum absolute atomic E-state index is 0.283. The van der Waals surface area contributed by atoms with Crippen LogP contribution >= 0.6 is 11.8 Å². The third-order valence-corrected chi connectivity index (χ3v) is 6.31. The second kappa shape index (κ2) is 4.60. The van der Waals surface area contributed by atoms with Crippen LogP contribution in [0.1, 0.15) is 34.6 Å². The van der Waals surface area contributed by atoms with Gasteiger partial charge in [-0.2, -0.15) is 0 Å². The normalized spacial score (nSPS) is 30.2. The number of hydrogen-bond acceptors (Lipinski definition) is 5. The zero-order valence-electron chi connectivity index (χ0n) is 12.9. The van der Waals surface area contributed by atoms with E-state index in [-0.39, 0.29) is 11.1 Å². The van der Waals surface area contributed by atoms with E-state index in [1.54, 1.807) is 38.1 Å². The van der Waals surface area contributed by atoms with E-state index in [2.05, 4.69) is 0 Å². The topological polar surface area (TPSA) is 95.0 Å². The fourth-order valence-corrected chi connectivity index (χ4v) is 5.36. The first kappa shape index (κ1) is 15.2. The van der Waals surface area contributed by atoms with Gasteiger partial charge in [-0.25, -0.2) is 4.79 Å². The van der Waals surface area contributed by atoms with Gasteiger partial charge in [-0.1, -0.05) is 12.1 Å². The number of carbonyl (C=O) groups excluding carboxylic acids is 3. The van der Waals surface area contributed by atoms with Gasteiger partial charge in [0, 0.05) is 4.75 Å². The lowest BCUT2D eigenvalue weighted by Crippen LogP contribution is -2.71. The minimum atomic E-state index is -1.08. The Hall–Kier alpha value is -2.35. The van der Waals surface area contributed by atoms with E-state index in [0.29, 0.717) is 0 Å². The van der Waals surface area contributed by atoms with Crippen LogP contribution in [0.25, 0.3) is 0 Å². The van der Waals surface area contributed by atoms with Gasteiger partial charge in [-0.15, -0.1) is 11.8 Å². The summed E-state index contributed by atoms with van der Waals surface area (Å²) in [5.41, 5.74) is 0.566. The van der Waals surface area contributed by atoms with Gasteiger partial charge >= 0.3 is 5.97 Å². The van der Waals surface area contributed by atoms with E-state index in [0.717, 1.165) is 4.90 Å². The van der Waals surface area contributed by atoms with Gasteiger partial charge in [0.25, 0.3) is 17.7 Å². The lowest BCUT2D eigenvalue weighted by Gasteiger charge is -2.46. The van der Waals surface area contributed by atoms with Crippen molar-refractivity contribution in [2.45, 2.75) is 36.1 Å². The molecular weight excluding hydrogens is 332 g/mol. The van der Waals surface area contributed by atoms with Crippen molar-refractivity contribution in [1.82, 2.24) is 9.80 Å². The molecule has 0 aliphatic carbocycles. The van der Waals surface area contributed by atoms with Crippen molar-refractivity contribution in [3.05, 3.63) is 35.4 Å². The van der Waals surface area contributed by atoms with Gasteiger partial charge in [-0.05, 0) is 26.0 Å². The fourth-order valence-electron chi connectivity index (χ4n) is 3.69. The highest BCUT2D eigenvalue weighted by Gasteiger charge is 2.67. The molecule has 0 aromatic heterocycles. The zero-order valence-corrected chi connectivity index (χ0v) is 13.7. The molecule has 4 rings (SSSR count). The first-order chi connectivity index (χ1) is 11.3. The Labute approximate surface area is 141 Å². The molecule has 3 atom stereocenters. The molecule has 3 amide bonds. The number of hydrogen-bond donors (Lipinski definition) is 1. The molecule has 24 heavy (non-hydrogen) atoms. The van der Waals surface area contributed by atoms with Crippen LogP contribution < -0.4 is 0 Å². The van der Waals surface area contributed by atoms with Gasteiger partial charge in [-0.3, -0.25) is 19.3 Å². The molecule has 2 fully saturated rings. The predicted octanol–water partition coefficient (Wildman–Crippen LogP) is 0.798. The number of fused-ring (bicyclic) bond motifs is 2. The molecule has 1 aromatic carbocycles. The quantitative estimate of drug-likeness (QED) is 0.629. The van der Waals surface area contributed by atoms with Crippen molar-refractivity contribution < 1.29 is 24.3 Å². The number of rotatable bonds is 2. The number of amides is 3. The van der Waals surface area contributed by atoms with Crippen LogP contribution in [0, 0.1) is 0 Å². The molecule has 0 bridgehead atoms. The molecule has 0 saturated carbocycles. The number of carbonyl (C=O) groups is 4. The first-order valence-electron chi connectivity index (χ1n) is 7.45. The number of β-lactam (4-membered cyclic amide) rings is 1. The maximum Gasteiger partial charge on any atom is 0.327 e. The second-order valence-corrected chi connectivity index (χ2v) is 8.34. The van der Waals surface area contributed by atoms with Crippen LogP contribution in [0.4, 0.5) is 0 Å². The molecular formula is C16H14N2O5S. The summed E-state index contributed by atoms with van der Waals surface area (Å²) < 4.78 is -0.695. The largest absolute Gasteiger partial charge is 0.480 e. The van der Waals surface area contributed by atoms with E-state index in [9.17, 15) is 24.3 Å². The maximum absolute atomic E-state index is 12.6. The molecule has 1 aromatic rings. The average Bonchev–Trinajstić information content (AvgIpc) is 2.92. The molecule has 1 N–H and O–H groups in total. The van der Waals surface area contributed by atoms with Crippen molar-refractivity contribution in [2.24, 2.45) is 0 Å². The summed E-state index contributed by atoms with van der Waals surface area (Å²) in [6, 6.07) is 4.54. The van der Waals surface area contributed by atoms with Crippen LogP contribution in [0.5, 0.6) is 0 Å². The van der Waals surface area contributed by atoms with Crippen molar-refractivity contribution in [3.8, 4) is 0 Å². The number of benzene rings is 1. The van der Waals surface area contributed by atoms with E-state index in [1.165, 1.54) is 16.7 Å². The number of aliphatic carboxylic acids is 1.